The van der Waals surface area contributed by atoms with Crippen LogP contribution < -0.4 is 11.1 Å². The van der Waals surface area contributed by atoms with Gasteiger partial charge in [0.25, 0.3) is 0 Å². The summed E-state index contributed by atoms with van der Waals surface area (Å²) in [7, 11) is 1.73. The fraction of sp³-hybridized carbons (Fsp3) is 0.917. The van der Waals surface area contributed by atoms with Crippen molar-refractivity contribution in [2.75, 3.05) is 33.4 Å². The number of nitrogens with one attached hydrogen (secondary N) is 1. The van der Waals surface area contributed by atoms with E-state index < -0.39 is 0 Å². The van der Waals surface area contributed by atoms with E-state index in [0.717, 1.165) is 45.5 Å². The van der Waals surface area contributed by atoms with Crippen molar-refractivity contribution in [1.29, 1.82) is 0 Å². The fourth-order valence-electron chi connectivity index (χ4n) is 2.44. The summed E-state index contributed by atoms with van der Waals surface area (Å²) in [5, 5.41) is 2.98. The molecule has 1 aliphatic rings. The fourth-order valence-corrected chi connectivity index (χ4v) is 2.44. The molecule has 1 saturated heterocycles. The largest absolute Gasteiger partial charge is 0.383 e. The Hall–Kier alpha value is -0.650. The number of carbonyl (C=O) groups excluding carboxylic acids is 1. The predicted octanol–water partition coefficient (Wildman–Crippen LogP) is -0.0493. The molecule has 5 heteroatoms. The van der Waals surface area contributed by atoms with Gasteiger partial charge in [0.1, 0.15) is 0 Å². The van der Waals surface area contributed by atoms with Gasteiger partial charge >= 0.3 is 0 Å². The SMILES string of the molecule is COCC(CCCN)N1CCC(NC(C)=O)C1. The third-order valence-electron chi connectivity index (χ3n) is 3.24. The second kappa shape index (κ2) is 7.63. The topological polar surface area (TPSA) is 67.6 Å². The predicted molar refractivity (Wildman–Crippen MR) is 67.7 cm³/mol. The van der Waals surface area contributed by atoms with Gasteiger partial charge in [-0.25, -0.2) is 0 Å². The Morgan fingerprint density at radius 3 is 3.00 bits per heavy atom. The van der Waals surface area contributed by atoms with E-state index in [-0.39, 0.29) is 5.91 Å². The first-order valence-corrected chi connectivity index (χ1v) is 6.37. The zero-order valence-corrected chi connectivity index (χ0v) is 10.9. The van der Waals surface area contributed by atoms with Crippen LogP contribution in [-0.2, 0) is 9.53 Å². The molecule has 1 aliphatic heterocycles. The first-order valence-electron chi connectivity index (χ1n) is 6.37. The van der Waals surface area contributed by atoms with Gasteiger partial charge in [0.15, 0.2) is 0 Å². The molecule has 0 spiro atoms. The molecule has 2 atom stereocenters. The van der Waals surface area contributed by atoms with Crippen molar-refractivity contribution in [3.8, 4) is 0 Å². The first-order chi connectivity index (χ1) is 8.17. The lowest BCUT2D eigenvalue weighted by atomic mass is 10.1. The van der Waals surface area contributed by atoms with E-state index in [1.165, 1.54) is 0 Å². The van der Waals surface area contributed by atoms with Crippen LogP contribution in [0.5, 0.6) is 0 Å². The minimum atomic E-state index is 0.0575. The molecule has 1 heterocycles. The monoisotopic (exact) mass is 243 g/mol. The highest BCUT2D eigenvalue weighted by Crippen LogP contribution is 2.16. The minimum absolute atomic E-state index is 0.0575. The maximum absolute atomic E-state index is 11.0. The second-order valence-electron chi connectivity index (χ2n) is 4.72. The summed E-state index contributed by atoms with van der Waals surface area (Å²) in [6.45, 7) is 5.00. The molecule has 3 N–H and O–H groups in total. The van der Waals surface area contributed by atoms with Crippen LogP contribution in [0.4, 0.5) is 0 Å². The summed E-state index contributed by atoms with van der Waals surface area (Å²) in [5.41, 5.74) is 5.55. The van der Waals surface area contributed by atoms with Crippen LogP contribution in [0.3, 0.4) is 0 Å². The Morgan fingerprint density at radius 2 is 2.41 bits per heavy atom. The zero-order chi connectivity index (χ0) is 12.7. The summed E-state index contributed by atoms with van der Waals surface area (Å²) in [5.74, 6) is 0.0575. The van der Waals surface area contributed by atoms with Gasteiger partial charge in [-0.3, -0.25) is 9.69 Å². The quantitative estimate of drug-likeness (QED) is 0.658. The van der Waals surface area contributed by atoms with E-state index in [2.05, 4.69) is 10.2 Å². The molecule has 1 fully saturated rings. The summed E-state index contributed by atoms with van der Waals surface area (Å²) < 4.78 is 5.26. The number of hydrogen-bond acceptors (Lipinski definition) is 4. The number of hydrogen-bond donors (Lipinski definition) is 2. The maximum atomic E-state index is 11.0. The lowest BCUT2D eigenvalue weighted by Gasteiger charge is -2.27. The highest BCUT2D eigenvalue weighted by Gasteiger charge is 2.28. The standard InChI is InChI=1S/C12H25N3O2/c1-10(16)14-11-5-7-15(8-11)12(9-17-2)4-3-6-13/h11-12H,3-9,13H2,1-2H3,(H,14,16). The number of methoxy groups -OCH3 is 1. The molecule has 0 aromatic heterocycles. The van der Waals surface area contributed by atoms with Crippen molar-refractivity contribution < 1.29 is 9.53 Å². The molecule has 0 aromatic rings. The maximum Gasteiger partial charge on any atom is 0.217 e. The van der Waals surface area contributed by atoms with Crippen LogP contribution in [0.1, 0.15) is 26.2 Å². The van der Waals surface area contributed by atoms with Crippen LogP contribution in [0.25, 0.3) is 0 Å². The van der Waals surface area contributed by atoms with E-state index >= 15 is 0 Å². The lowest BCUT2D eigenvalue weighted by Crippen LogP contribution is -2.41. The van der Waals surface area contributed by atoms with E-state index in [4.69, 9.17) is 10.5 Å². The van der Waals surface area contributed by atoms with Crippen molar-refractivity contribution in [3.05, 3.63) is 0 Å². The third kappa shape index (κ3) is 5.02. The number of likely N-dealkylation sites (tertiary alicyclic amines) is 1. The number of nitrogens with zero attached hydrogens (tertiary/aromatic N) is 1. The van der Waals surface area contributed by atoms with Gasteiger partial charge in [0, 0.05) is 39.2 Å². The van der Waals surface area contributed by atoms with Crippen LogP contribution in [0, 0.1) is 0 Å². The third-order valence-corrected chi connectivity index (χ3v) is 3.24. The summed E-state index contributed by atoms with van der Waals surface area (Å²) in [6.07, 6.45) is 3.12. The van der Waals surface area contributed by atoms with E-state index in [1.807, 2.05) is 0 Å². The molecular weight excluding hydrogens is 218 g/mol. The number of ether oxygens (including phenoxy) is 1. The average molecular weight is 243 g/mol. The molecule has 1 amide bonds. The Kier molecular flexibility index (Phi) is 6.47. The van der Waals surface area contributed by atoms with Gasteiger partial charge in [-0.15, -0.1) is 0 Å². The normalized spacial score (nSPS) is 22.6. The smallest absolute Gasteiger partial charge is 0.217 e. The zero-order valence-electron chi connectivity index (χ0n) is 10.9. The molecule has 2 unspecified atom stereocenters. The Labute approximate surface area is 104 Å². The summed E-state index contributed by atoms with van der Waals surface area (Å²) >= 11 is 0. The van der Waals surface area contributed by atoms with Gasteiger partial charge in [0.2, 0.25) is 5.91 Å². The van der Waals surface area contributed by atoms with Crippen molar-refractivity contribution in [1.82, 2.24) is 10.2 Å². The van der Waals surface area contributed by atoms with Crippen LogP contribution in [0.2, 0.25) is 0 Å². The Morgan fingerprint density at radius 1 is 1.65 bits per heavy atom. The number of amides is 1. The molecular formula is C12H25N3O2. The summed E-state index contributed by atoms with van der Waals surface area (Å²) in [6, 6.07) is 0.729. The van der Waals surface area contributed by atoms with Crippen LogP contribution in [-0.4, -0.2) is 56.2 Å². The summed E-state index contributed by atoms with van der Waals surface area (Å²) in [4.78, 5) is 13.4. The molecule has 17 heavy (non-hydrogen) atoms. The Balaban J connectivity index is 2.38. The molecule has 100 valence electrons. The van der Waals surface area contributed by atoms with Crippen LogP contribution >= 0.6 is 0 Å². The molecule has 1 rings (SSSR count). The van der Waals surface area contributed by atoms with Gasteiger partial charge in [0.05, 0.1) is 6.61 Å². The molecule has 5 nitrogen and oxygen atoms in total. The molecule has 0 aliphatic carbocycles. The number of rotatable bonds is 7. The minimum Gasteiger partial charge on any atom is -0.383 e. The van der Waals surface area contributed by atoms with Crippen molar-refractivity contribution >= 4 is 5.91 Å². The Bertz CT molecular complexity index is 236. The van der Waals surface area contributed by atoms with Gasteiger partial charge in [-0.1, -0.05) is 0 Å². The number of nitrogens with two attached hydrogens (primary N) is 1. The number of carbonyl (C=O) groups is 1. The average Bonchev–Trinajstić information content (AvgIpc) is 2.71. The highest BCUT2D eigenvalue weighted by atomic mass is 16.5. The van der Waals surface area contributed by atoms with E-state index in [1.54, 1.807) is 14.0 Å². The second-order valence-corrected chi connectivity index (χ2v) is 4.72. The molecule has 0 saturated carbocycles. The first kappa shape index (κ1) is 14.4. The lowest BCUT2D eigenvalue weighted by molar-refractivity contribution is -0.119. The van der Waals surface area contributed by atoms with Gasteiger partial charge in [-0.2, -0.15) is 0 Å². The van der Waals surface area contributed by atoms with E-state index in [0.29, 0.717) is 12.1 Å². The van der Waals surface area contributed by atoms with Crippen LogP contribution in [0.15, 0.2) is 0 Å². The van der Waals surface area contributed by atoms with Gasteiger partial charge in [-0.05, 0) is 25.8 Å². The molecule has 0 radical (unpaired) electrons. The van der Waals surface area contributed by atoms with E-state index in [9.17, 15) is 4.79 Å². The molecule has 0 bridgehead atoms. The highest BCUT2D eigenvalue weighted by molar-refractivity contribution is 5.73. The van der Waals surface area contributed by atoms with Crippen molar-refractivity contribution in [2.24, 2.45) is 5.73 Å². The van der Waals surface area contributed by atoms with Crippen molar-refractivity contribution in [2.45, 2.75) is 38.3 Å². The van der Waals surface area contributed by atoms with Crippen molar-refractivity contribution in [3.63, 3.8) is 0 Å². The van der Waals surface area contributed by atoms with Gasteiger partial charge < -0.3 is 15.8 Å². The molecule has 0 aromatic carbocycles.